The number of aliphatic hydroxyl groups is 3. The first-order valence-corrected chi connectivity index (χ1v) is 3.89. The van der Waals surface area contributed by atoms with Crippen LogP contribution >= 0.6 is 0 Å². The average Bonchev–Trinajstić information content (AvgIpc) is 2.05. The molecule has 0 rings (SSSR count). The van der Waals surface area contributed by atoms with Gasteiger partial charge in [0.2, 0.25) is 0 Å². The molecule has 0 saturated heterocycles. The molecule has 1 unspecified atom stereocenters. The van der Waals surface area contributed by atoms with E-state index < -0.39 is 12.1 Å². The van der Waals surface area contributed by atoms with Crippen LogP contribution in [0.5, 0.6) is 0 Å². The van der Waals surface area contributed by atoms with E-state index in [4.69, 9.17) is 20.4 Å². The molecule has 0 aliphatic carbocycles. The summed E-state index contributed by atoms with van der Waals surface area (Å²) >= 11 is 0. The Bertz CT molecular complexity index is 135. The summed E-state index contributed by atoms with van der Waals surface area (Å²) in [6, 6.07) is 0. The van der Waals surface area contributed by atoms with E-state index in [1.807, 2.05) is 0 Å². The third kappa shape index (κ3) is 11.3. The molecular weight excluding hydrogens is 176 g/mol. The quantitative estimate of drug-likeness (QED) is 0.483. The molecule has 4 N–H and O–H groups in total. The van der Waals surface area contributed by atoms with Gasteiger partial charge in [-0.05, 0) is 6.92 Å². The van der Waals surface area contributed by atoms with E-state index in [1.165, 1.54) is 6.92 Å². The van der Waals surface area contributed by atoms with Gasteiger partial charge >= 0.3 is 5.97 Å². The second-order valence-corrected chi connectivity index (χ2v) is 3.49. The highest BCUT2D eigenvalue weighted by Crippen LogP contribution is 2.10. The van der Waals surface area contributed by atoms with Crippen LogP contribution in [-0.2, 0) is 4.79 Å². The number of aliphatic hydroxyl groups excluding tert-OH is 3. The first-order chi connectivity index (χ1) is 5.76. The fraction of sp³-hybridized carbons (Fsp3) is 0.875. The Kier molecular flexibility index (Phi) is 7.79. The SMILES string of the molecule is CC(C)(CO)CO.CC(O)C(=O)O. The second-order valence-electron chi connectivity index (χ2n) is 3.49. The highest BCUT2D eigenvalue weighted by Gasteiger charge is 2.13. The van der Waals surface area contributed by atoms with Gasteiger partial charge < -0.3 is 20.4 Å². The maximum atomic E-state index is 9.45. The van der Waals surface area contributed by atoms with Crippen LogP contribution in [0.3, 0.4) is 0 Å². The Morgan fingerprint density at radius 1 is 1.31 bits per heavy atom. The zero-order valence-corrected chi connectivity index (χ0v) is 8.19. The fourth-order valence-electron chi connectivity index (χ4n) is 0.0500. The number of carbonyl (C=O) groups is 1. The maximum absolute atomic E-state index is 9.45. The van der Waals surface area contributed by atoms with E-state index in [9.17, 15) is 4.79 Å². The minimum Gasteiger partial charge on any atom is -0.479 e. The second kappa shape index (κ2) is 6.82. The zero-order valence-electron chi connectivity index (χ0n) is 8.19. The van der Waals surface area contributed by atoms with Crippen molar-refractivity contribution in [3.8, 4) is 0 Å². The van der Waals surface area contributed by atoms with E-state index in [0.717, 1.165) is 0 Å². The van der Waals surface area contributed by atoms with Crippen molar-refractivity contribution in [3.63, 3.8) is 0 Å². The summed E-state index contributed by atoms with van der Waals surface area (Å²) in [6.07, 6.45) is -1.23. The number of hydrogen-bond acceptors (Lipinski definition) is 4. The third-order valence-electron chi connectivity index (χ3n) is 1.21. The number of carboxylic acids is 1. The largest absolute Gasteiger partial charge is 0.479 e. The van der Waals surface area contributed by atoms with Gasteiger partial charge in [-0.25, -0.2) is 4.79 Å². The molecule has 0 radical (unpaired) electrons. The van der Waals surface area contributed by atoms with Crippen molar-refractivity contribution >= 4 is 5.97 Å². The number of carboxylic acid groups (broad SMARTS) is 1. The van der Waals surface area contributed by atoms with Crippen LogP contribution in [0.25, 0.3) is 0 Å². The van der Waals surface area contributed by atoms with E-state index in [1.54, 1.807) is 13.8 Å². The van der Waals surface area contributed by atoms with Crippen molar-refractivity contribution in [2.24, 2.45) is 5.41 Å². The van der Waals surface area contributed by atoms with Gasteiger partial charge in [-0.3, -0.25) is 0 Å². The number of hydrogen-bond donors (Lipinski definition) is 4. The van der Waals surface area contributed by atoms with E-state index >= 15 is 0 Å². The smallest absolute Gasteiger partial charge is 0.332 e. The minimum absolute atomic E-state index is 0.0451. The summed E-state index contributed by atoms with van der Waals surface area (Å²) in [6.45, 7) is 4.88. The summed E-state index contributed by atoms with van der Waals surface area (Å²) in [5.41, 5.74) is -0.306. The summed E-state index contributed by atoms with van der Waals surface area (Å²) < 4.78 is 0. The first-order valence-electron chi connectivity index (χ1n) is 3.89. The van der Waals surface area contributed by atoms with Gasteiger partial charge in [0.1, 0.15) is 6.10 Å². The van der Waals surface area contributed by atoms with Gasteiger partial charge in [-0.2, -0.15) is 0 Å². The first kappa shape index (κ1) is 14.9. The maximum Gasteiger partial charge on any atom is 0.332 e. The Balaban J connectivity index is 0. The molecule has 1 atom stereocenters. The normalized spacial score (nSPS) is 12.8. The highest BCUT2D eigenvalue weighted by atomic mass is 16.4. The molecule has 0 aliphatic rings. The van der Waals surface area contributed by atoms with Gasteiger partial charge in [-0.1, -0.05) is 13.8 Å². The van der Waals surface area contributed by atoms with Gasteiger partial charge in [0.05, 0.1) is 13.2 Å². The Labute approximate surface area is 77.6 Å². The minimum atomic E-state index is -1.23. The highest BCUT2D eigenvalue weighted by molar-refractivity contribution is 5.71. The molecule has 13 heavy (non-hydrogen) atoms. The van der Waals surface area contributed by atoms with Crippen LogP contribution in [0.2, 0.25) is 0 Å². The third-order valence-corrected chi connectivity index (χ3v) is 1.21. The molecule has 0 bridgehead atoms. The molecule has 0 aromatic rings. The number of aliphatic carboxylic acids is 1. The molecule has 5 heteroatoms. The lowest BCUT2D eigenvalue weighted by atomic mass is 9.97. The predicted molar refractivity (Wildman–Crippen MR) is 47.3 cm³/mol. The molecule has 0 fully saturated rings. The standard InChI is InChI=1S/C5H12O2.C3H6O3/c1-5(2,3-6)4-7;1-2(4)3(5)6/h6-7H,3-4H2,1-2H3;2,4H,1H3,(H,5,6). The van der Waals surface area contributed by atoms with Crippen LogP contribution in [-0.4, -0.2) is 45.7 Å². The van der Waals surface area contributed by atoms with Crippen LogP contribution in [0.15, 0.2) is 0 Å². The Hall–Kier alpha value is -0.650. The van der Waals surface area contributed by atoms with Gasteiger partial charge in [-0.15, -0.1) is 0 Å². The van der Waals surface area contributed by atoms with E-state index in [0.29, 0.717) is 0 Å². The topological polar surface area (TPSA) is 98.0 Å². The van der Waals surface area contributed by atoms with Gasteiger partial charge in [0.15, 0.2) is 0 Å². The summed E-state index contributed by atoms with van der Waals surface area (Å²) in [7, 11) is 0. The van der Waals surface area contributed by atoms with Crippen LogP contribution in [0.4, 0.5) is 0 Å². The molecule has 0 aliphatic heterocycles. The van der Waals surface area contributed by atoms with Crippen molar-refractivity contribution in [1.82, 2.24) is 0 Å². The fourth-order valence-corrected chi connectivity index (χ4v) is 0.0500. The molecule has 0 amide bonds. The average molecular weight is 194 g/mol. The lowest BCUT2D eigenvalue weighted by Crippen LogP contribution is -2.20. The molecule has 0 aromatic heterocycles. The lowest BCUT2D eigenvalue weighted by Gasteiger charge is -2.16. The van der Waals surface area contributed by atoms with E-state index in [-0.39, 0.29) is 18.6 Å². The van der Waals surface area contributed by atoms with Crippen molar-refractivity contribution in [2.45, 2.75) is 26.9 Å². The number of rotatable bonds is 3. The van der Waals surface area contributed by atoms with Crippen LogP contribution in [0.1, 0.15) is 20.8 Å². The Morgan fingerprint density at radius 3 is 1.54 bits per heavy atom. The molecule has 0 heterocycles. The van der Waals surface area contributed by atoms with Crippen molar-refractivity contribution < 1.29 is 25.2 Å². The monoisotopic (exact) mass is 194 g/mol. The molecule has 0 spiro atoms. The molecule has 80 valence electrons. The zero-order chi connectivity index (χ0) is 11.1. The summed E-state index contributed by atoms with van der Waals surface area (Å²) in [5.74, 6) is -1.19. The van der Waals surface area contributed by atoms with E-state index in [2.05, 4.69) is 0 Å². The molecular formula is C8H18O5. The van der Waals surface area contributed by atoms with Crippen LogP contribution in [0, 0.1) is 5.41 Å². The lowest BCUT2D eigenvalue weighted by molar-refractivity contribution is -0.145. The predicted octanol–water partition coefficient (Wildman–Crippen LogP) is -0.551. The van der Waals surface area contributed by atoms with Crippen molar-refractivity contribution in [3.05, 3.63) is 0 Å². The summed E-state index contributed by atoms with van der Waals surface area (Å²) in [4.78, 5) is 9.45. The van der Waals surface area contributed by atoms with Crippen LogP contribution < -0.4 is 0 Å². The van der Waals surface area contributed by atoms with Gasteiger partial charge in [0, 0.05) is 5.41 Å². The summed E-state index contributed by atoms with van der Waals surface area (Å²) in [5, 5.41) is 32.6. The Morgan fingerprint density at radius 2 is 1.54 bits per heavy atom. The molecule has 0 saturated carbocycles. The molecule has 0 aromatic carbocycles. The van der Waals surface area contributed by atoms with Crippen molar-refractivity contribution in [2.75, 3.05) is 13.2 Å². The molecule has 5 nitrogen and oxygen atoms in total. The van der Waals surface area contributed by atoms with Crippen molar-refractivity contribution in [1.29, 1.82) is 0 Å². The van der Waals surface area contributed by atoms with Gasteiger partial charge in [0.25, 0.3) is 0 Å².